The average Bonchev–Trinajstić information content (AvgIpc) is 3.34. The third kappa shape index (κ3) is 5.28. The normalized spacial score (nSPS) is 18.5. The minimum absolute atomic E-state index is 0.0104. The van der Waals surface area contributed by atoms with Crippen LogP contribution < -0.4 is 5.32 Å². The molecule has 0 radical (unpaired) electrons. The molecule has 2 heterocycles. The summed E-state index contributed by atoms with van der Waals surface area (Å²) in [6.07, 6.45) is 5.63. The largest absolute Gasteiger partial charge is 0.466 e. The third-order valence-electron chi connectivity index (χ3n) is 5.31. The number of hydrogen-bond donors (Lipinski definition) is 1. The van der Waals surface area contributed by atoms with Crippen LogP contribution in [0, 0.1) is 11.8 Å². The number of aromatic nitrogens is 1. The summed E-state index contributed by atoms with van der Waals surface area (Å²) in [7, 11) is 0. The summed E-state index contributed by atoms with van der Waals surface area (Å²) in [5.41, 5.74) is 0.680. The lowest BCUT2D eigenvalue weighted by Gasteiger charge is -2.30. The first kappa shape index (κ1) is 19.8. The summed E-state index contributed by atoms with van der Waals surface area (Å²) >= 11 is 1.36. The van der Waals surface area contributed by atoms with Crippen molar-refractivity contribution in [2.24, 2.45) is 11.8 Å². The molecular formula is C19H27N3O4S. The average molecular weight is 394 g/mol. The molecule has 1 aromatic rings. The Bertz CT molecular complexity index is 676. The van der Waals surface area contributed by atoms with Gasteiger partial charge in [0.2, 0.25) is 11.8 Å². The van der Waals surface area contributed by atoms with E-state index >= 15 is 0 Å². The zero-order valence-corrected chi connectivity index (χ0v) is 16.6. The number of carbonyl (C=O) groups excluding carboxylic acids is 3. The van der Waals surface area contributed by atoms with Crippen molar-refractivity contribution in [3.8, 4) is 0 Å². The number of nitrogens with zero attached hydrogens (tertiary/aromatic N) is 2. The van der Waals surface area contributed by atoms with E-state index in [0.29, 0.717) is 43.4 Å². The summed E-state index contributed by atoms with van der Waals surface area (Å²) < 4.78 is 5.06. The lowest BCUT2D eigenvalue weighted by molar-refractivity contribution is -0.151. The SMILES string of the molecule is CCOC(=O)C1CCN(C(=O)Cc2csc(NC(=O)C3CCCC3)n2)CC1. The van der Waals surface area contributed by atoms with E-state index in [0.717, 1.165) is 25.7 Å². The van der Waals surface area contributed by atoms with Crippen LogP contribution in [0.3, 0.4) is 0 Å². The van der Waals surface area contributed by atoms with Crippen LogP contribution in [0.5, 0.6) is 0 Å². The number of amides is 2. The van der Waals surface area contributed by atoms with Crippen molar-refractivity contribution in [2.75, 3.05) is 25.0 Å². The number of esters is 1. The van der Waals surface area contributed by atoms with E-state index in [1.807, 2.05) is 5.38 Å². The van der Waals surface area contributed by atoms with E-state index < -0.39 is 0 Å². The minimum Gasteiger partial charge on any atom is -0.466 e. The van der Waals surface area contributed by atoms with Crippen molar-refractivity contribution >= 4 is 34.3 Å². The van der Waals surface area contributed by atoms with Crippen LogP contribution in [0.25, 0.3) is 0 Å². The second-order valence-electron chi connectivity index (χ2n) is 7.20. The van der Waals surface area contributed by atoms with Crippen LogP contribution in [0.1, 0.15) is 51.1 Å². The molecule has 148 valence electrons. The van der Waals surface area contributed by atoms with Gasteiger partial charge in [0.1, 0.15) is 0 Å². The molecular weight excluding hydrogens is 366 g/mol. The van der Waals surface area contributed by atoms with Gasteiger partial charge in [0.25, 0.3) is 0 Å². The molecule has 3 rings (SSSR count). The predicted octanol–water partition coefficient (Wildman–Crippen LogP) is 2.62. The maximum atomic E-state index is 12.5. The highest BCUT2D eigenvalue weighted by molar-refractivity contribution is 7.13. The van der Waals surface area contributed by atoms with Crippen LogP contribution in [0.4, 0.5) is 5.13 Å². The Morgan fingerprint density at radius 2 is 1.89 bits per heavy atom. The van der Waals surface area contributed by atoms with Gasteiger partial charge in [-0.15, -0.1) is 11.3 Å². The van der Waals surface area contributed by atoms with Crippen molar-refractivity contribution in [3.05, 3.63) is 11.1 Å². The molecule has 0 atom stereocenters. The summed E-state index contributed by atoms with van der Waals surface area (Å²) in [5, 5.41) is 5.27. The Morgan fingerprint density at radius 3 is 2.56 bits per heavy atom. The maximum absolute atomic E-state index is 12.5. The fourth-order valence-electron chi connectivity index (χ4n) is 3.73. The standard InChI is InChI=1S/C19H27N3O4S/c1-2-26-18(25)14-7-9-22(10-8-14)16(23)11-15-12-27-19(20-15)21-17(24)13-5-3-4-6-13/h12-14H,2-11H2,1H3,(H,20,21,24). The molecule has 1 aliphatic carbocycles. The number of nitrogens with one attached hydrogen (secondary N) is 1. The maximum Gasteiger partial charge on any atom is 0.309 e. The Morgan fingerprint density at radius 1 is 1.19 bits per heavy atom. The summed E-state index contributed by atoms with van der Waals surface area (Å²) in [6, 6.07) is 0. The monoisotopic (exact) mass is 393 g/mol. The zero-order chi connectivity index (χ0) is 19.2. The number of carbonyl (C=O) groups is 3. The first-order valence-electron chi connectivity index (χ1n) is 9.76. The van der Waals surface area contributed by atoms with Crippen LogP contribution in [0.15, 0.2) is 5.38 Å². The number of piperidine rings is 1. The molecule has 0 aromatic carbocycles. The molecule has 2 aliphatic rings. The second-order valence-corrected chi connectivity index (χ2v) is 8.06. The van der Waals surface area contributed by atoms with E-state index in [4.69, 9.17) is 4.74 Å². The Kier molecular flexibility index (Phi) is 6.82. The van der Waals surface area contributed by atoms with Gasteiger partial charge in [-0.1, -0.05) is 12.8 Å². The first-order chi connectivity index (χ1) is 13.1. The highest BCUT2D eigenvalue weighted by Crippen LogP contribution is 2.27. The highest BCUT2D eigenvalue weighted by Gasteiger charge is 2.28. The summed E-state index contributed by atoms with van der Waals surface area (Å²) in [4.78, 5) is 42.6. The highest BCUT2D eigenvalue weighted by atomic mass is 32.1. The molecule has 2 amide bonds. The topological polar surface area (TPSA) is 88.6 Å². The minimum atomic E-state index is -0.160. The first-order valence-corrected chi connectivity index (χ1v) is 10.6. The van der Waals surface area contributed by atoms with Gasteiger partial charge in [0, 0.05) is 24.4 Å². The third-order valence-corrected chi connectivity index (χ3v) is 6.11. The Labute approximate surface area is 163 Å². The van der Waals surface area contributed by atoms with Gasteiger partial charge in [0.15, 0.2) is 5.13 Å². The number of thiazole rings is 1. The van der Waals surface area contributed by atoms with Crippen molar-refractivity contribution in [2.45, 2.75) is 51.9 Å². The molecule has 0 unspecified atom stereocenters. The van der Waals surface area contributed by atoms with E-state index in [-0.39, 0.29) is 36.0 Å². The van der Waals surface area contributed by atoms with Crippen LogP contribution in [-0.2, 0) is 25.5 Å². The van der Waals surface area contributed by atoms with Crippen molar-refractivity contribution in [1.29, 1.82) is 0 Å². The number of ether oxygens (including phenoxy) is 1. The van der Waals surface area contributed by atoms with Gasteiger partial charge in [-0.3, -0.25) is 14.4 Å². The molecule has 2 fully saturated rings. The van der Waals surface area contributed by atoms with Crippen molar-refractivity contribution in [3.63, 3.8) is 0 Å². The lowest BCUT2D eigenvalue weighted by atomic mass is 9.97. The van der Waals surface area contributed by atoms with E-state index in [1.54, 1.807) is 11.8 Å². The van der Waals surface area contributed by atoms with Gasteiger partial charge >= 0.3 is 5.97 Å². The van der Waals surface area contributed by atoms with Gasteiger partial charge < -0.3 is 15.0 Å². The van der Waals surface area contributed by atoms with E-state index in [1.165, 1.54) is 11.3 Å². The summed E-state index contributed by atoms with van der Waals surface area (Å²) in [6.45, 7) is 3.33. The fraction of sp³-hybridized carbons (Fsp3) is 0.684. The van der Waals surface area contributed by atoms with Gasteiger partial charge in [-0.25, -0.2) is 4.98 Å². The number of anilines is 1. The number of likely N-dealkylation sites (tertiary alicyclic amines) is 1. The Hall–Kier alpha value is -1.96. The van der Waals surface area contributed by atoms with Crippen LogP contribution in [0.2, 0.25) is 0 Å². The molecule has 0 spiro atoms. The zero-order valence-electron chi connectivity index (χ0n) is 15.7. The van der Waals surface area contributed by atoms with Crippen LogP contribution >= 0.6 is 11.3 Å². The predicted molar refractivity (Wildman–Crippen MR) is 102 cm³/mol. The van der Waals surface area contributed by atoms with Crippen molar-refractivity contribution < 1.29 is 19.1 Å². The van der Waals surface area contributed by atoms with Gasteiger partial charge in [-0.2, -0.15) is 0 Å². The smallest absolute Gasteiger partial charge is 0.309 e. The van der Waals surface area contributed by atoms with Crippen LogP contribution in [-0.4, -0.2) is 47.4 Å². The molecule has 1 aromatic heterocycles. The molecule has 1 N–H and O–H groups in total. The molecule has 1 aliphatic heterocycles. The lowest BCUT2D eigenvalue weighted by Crippen LogP contribution is -2.41. The van der Waals surface area contributed by atoms with E-state index in [9.17, 15) is 14.4 Å². The molecule has 0 bridgehead atoms. The molecule has 27 heavy (non-hydrogen) atoms. The quantitative estimate of drug-likeness (QED) is 0.751. The molecule has 8 heteroatoms. The molecule has 1 saturated carbocycles. The van der Waals surface area contributed by atoms with Gasteiger partial charge in [0.05, 0.1) is 24.6 Å². The number of hydrogen-bond acceptors (Lipinski definition) is 6. The van der Waals surface area contributed by atoms with E-state index in [2.05, 4.69) is 10.3 Å². The van der Waals surface area contributed by atoms with Gasteiger partial charge in [-0.05, 0) is 32.6 Å². The molecule has 7 nitrogen and oxygen atoms in total. The second kappa shape index (κ2) is 9.30. The molecule has 1 saturated heterocycles. The summed E-state index contributed by atoms with van der Waals surface area (Å²) in [5.74, 6) is -0.117. The fourth-order valence-corrected chi connectivity index (χ4v) is 4.45. The number of rotatable bonds is 6. The van der Waals surface area contributed by atoms with Crippen molar-refractivity contribution in [1.82, 2.24) is 9.88 Å². The Balaban J connectivity index is 1.45.